The van der Waals surface area contributed by atoms with Gasteiger partial charge in [0.1, 0.15) is 0 Å². The van der Waals surface area contributed by atoms with Crippen LogP contribution in [0.4, 0.5) is 0 Å². The van der Waals surface area contributed by atoms with Crippen molar-refractivity contribution < 1.29 is 4.79 Å². The molecule has 1 aliphatic rings. The number of benzene rings is 1. The molecule has 0 radical (unpaired) electrons. The molecule has 82 valence electrons. The number of carbonyl (C=O) groups excluding carboxylic acids is 1. The van der Waals surface area contributed by atoms with Crippen molar-refractivity contribution in [3.63, 3.8) is 0 Å². The average Bonchev–Trinajstić information content (AvgIpc) is 2.71. The van der Waals surface area contributed by atoms with Gasteiger partial charge in [-0.2, -0.15) is 0 Å². The van der Waals surface area contributed by atoms with E-state index in [2.05, 4.69) is 5.32 Å². The Kier molecular flexibility index (Phi) is 4.58. The molecule has 4 heteroatoms. The quantitative estimate of drug-likeness (QED) is 0.813. The minimum atomic E-state index is 0. The highest BCUT2D eigenvalue weighted by Crippen LogP contribution is 2.14. The van der Waals surface area contributed by atoms with Crippen molar-refractivity contribution in [3.8, 4) is 0 Å². The van der Waals surface area contributed by atoms with Crippen molar-refractivity contribution in [2.75, 3.05) is 6.54 Å². The predicted molar refractivity (Wildman–Crippen MR) is 64.1 cm³/mol. The second-order valence-electron chi connectivity index (χ2n) is 3.52. The zero-order chi connectivity index (χ0) is 9.97. The molecule has 1 saturated heterocycles. The minimum Gasteiger partial charge on any atom is -0.307 e. The standard InChI is InChI=1S/C11H12ClNO.ClH/c12-9-5-3-8(4-6-9)11(14)10-2-1-7-13-10;/h3-6,10,13H,1-2,7H2;1H. The van der Waals surface area contributed by atoms with Crippen LogP contribution in [-0.2, 0) is 0 Å². The van der Waals surface area contributed by atoms with Gasteiger partial charge in [0.25, 0.3) is 0 Å². The number of ketones is 1. The van der Waals surface area contributed by atoms with Crippen molar-refractivity contribution in [1.29, 1.82) is 0 Å². The second kappa shape index (κ2) is 5.50. The SMILES string of the molecule is Cl.O=C(c1ccc(Cl)cc1)C1CCCN1. The minimum absolute atomic E-state index is 0. The Morgan fingerprint density at radius 3 is 2.53 bits per heavy atom. The van der Waals surface area contributed by atoms with Gasteiger partial charge in [0.2, 0.25) is 0 Å². The first-order chi connectivity index (χ1) is 6.77. The van der Waals surface area contributed by atoms with Crippen LogP contribution < -0.4 is 5.32 Å². The molecule has 0 spiro atoms. The summed E-state index contributed by atoms with van der Waals surface area (Å²) in [4.78, 5) is 11.9. The summed E-state index contributed by atoms with van der Waals surface area (Å²) < 4.78 is 0. The number of Topliss-reactive ketones (excluding diaryl/α,β-unsaturated/α-hetero) is 1. The molecular formula is C11H13Cl2NO. The molecule has 0 bridgehead atoms. The summed E-state index contributed by atoms with van der Waals surface area (Å²) in [5.74, 6) is 0.180. The van der Waals surface area contributed by atoms with Gasteiger partial charge in [0.05, 0.1) is 6.04 Å². The van der Waals surface area contributed by atoms with Gasteiger partial charge in [-0.3, -0.25) is 4.79 Å². The average molecular weight is 246 g/mol. The van der Waals surface area contributed by atoms with Crippen LogP contribution in [-0.4, -0.2) is 18.4 Å². The molecule has 0 aromatic heterocycles. The third kappa shape index (κ3) is 2.94. The summed E-state index contributed by atoms with van der Waals surface area (Å²) in [7, 11) is 0. The van der Waals surface area contributed by atoms with E-state index < -0.39 is 0 Å². The second-order valence-corrected chi connectivity index (χ2v) is 3.96. The van der Waals surface area contributed by atoms with E-state index >= 15 is 0 Å². The molecule has 1 aromatic rings. The topological polar surface area (TPSA) is 29.1 Å². The lowest BCUT2D eigenvalue weighted by Gasteiger charge is -2.08. The largest absolute Gasteiger partial charge is 0.307 e. The molecule has 2 nitrogen and oxygen atoms in total. The lowest BCUT2D eigenvalue weighted by atomic mass is 10.0. The maximum Gasteiger partial charge on any atom is 0.179 e. The number of hydrogen-bond donors (Lipinski definition) is 1. The molecule has 1 heterocycles. The number of carbonyl (C=O) groups is 1. The zero-order valence-corrected chi connectivity index (χ0v) is 9.77. The molecular weight excluding hydrogens is 233 g/mol. The molecule has 1 N–H and O–H groups in total. The first-order valence-electron chi connectivity index (χ1n) is 4.80. The van der Waals surface area contributed by atoms with E-state index in [1.807, 2.05) is 0 Å². The summed E-state index contributed by atoms with van der Waals surface area (Å²) in [6.07, 6.45) is 2.03. The highest BCUT2D eigenvalue weighted by Gasteiger charge is 2.22. The Hall–Kier alpha value is -0.570. The van der Waals surface area contributed by atoms with E-state index in [0.717, 1.165) is 24.9 Å². The van der Waals surface area contributed by atoms with Gasteiger partial charge in [0, 0.05) is 10.6 Å². The fraction of sp³-hybridized carbons (Fsp3) is 0.364. The third-order valence-electron chi connectivity index (χ3n) is 2.51. The highest BCUT2D eigenvalue weighted by atomic mass is 35.5. The van der Waals surface area contributed by atoms with Crippen LogP contribution in [0.5, 0.6) is 0 Å². The Bertz CT molecular complexity index is 331. The smallest absolute Gasteiger partial charge is 0.179 e. The van der Waals surface area contributed by atoms with Gasteiger partial charge in [-0.15, -0.1) is 12.4 Å². The summed E-state index contributed by atoms with van der Waals surface area (Å²) >= 11 is 5.75. The van der Waals surface area contributed by atoms with Crippen molar-refractivity contribution >= 4 is 29.8 Å². The van der Waals surface area contributed by atoms with Crippen molar-refractivity contribution in [2.24, 2.45) is 0 Å². The summed E-state index contributed by atoms with van der Waals surface area (Å²) in [6.45, 7) is 0.948. The lowest BCUT2D eigenvalue weighted by molar-refractivity contribution is 0.0952. The van der Waals surface area contributed by atoms with Crippen molar-refractivity contribution in [2.45, 2.75) is 18.9 Å². The highest BCUT2D eigenvalue weighted by molar-refractivity contribution is 6.30. The molecule has 1 fully saturated rings. The van der Waals surface area contributed by atoms with Gasteiger partial charge >= 0.3 is 0 Å². The van der Waals surface area contributed by atoms with Gasteiger partial charge in [-0.05, 0) is 43.7 Å². The van der Waals surface area contributed by atoms with E-state index in [1.165, 1.54) is 0 Å². The molecule has 1 aliphatic heterocycles. The van der Waals surface area contributed by atoms with Crippen LogP contribution in [0, 0.1) is 0 Å². The molecule has 1 aromatic carbocycles. The first-order valence-corrected chi connectivity index (χ1v) is 5.18. The number of halogens is 2. The fourth-order valence-electron chi connectivity index (χ4n) is 1.72. The number of rotatable bonds is 2. The summed E-state index contributed by atoms with van der Waals surface area (Å²) in [6, 6.07) is 7.08. The third-order valence-corrected chi connectivity index (χ3v) is 2.76. The molecule has 0 saturated carbocycles. The molecule has 1 atom stereocenters. The van der Waals surface area contributed by atoms with Gasteiger partial charge in [-0.25, -0.2) is 0 Å². The van der Waals surface area contributed by atoms with Gasteiger partial charge < -0.3 is 5.32 Å². The van der Waals surface area contributed by atoms with Crippen LogP contribution in [0.1, 0.15) is 23.2 Å². The number of nitrogens with one attached hydrogen (secondary N) is 1. The van der Waals surface area contributed by atoms with Crippen LogP contribution in [0.2, 0.25) is 5.02 Å². The molecule has 0 aliphatic carbocycles. The number of hydrogen-bond acceptors (Lipinski definition) is 2. The first kappa shape index (κ1) is 12.5. The van der Waals surface area contributed by atoms with Gasteiger partial charge in [-0.1, -0.05) is 11.6 Å². The lowest BCUT2D eigenvalue weighted by Crippen LogP contribution is -2.30. The Balaban J connectivity index is 0.00000112. The normalized spacial score (nSPS) is 19.7. The molecule has 0 amide bonds. The van der Waals surface area contributed by atoms with Crippen molar-refractivity contribution in [1.82, 2.24) is 5.32 Å². The van der Waals surface area contributed by atoms with Crippen LogP contribution in [0.3, 0.4) is 0 Å². The Labute approximate surface area is 100 Å². The van der Waals surface area contributed by atoms with Crippen LogP contribution in [0.25, 0.3) is 0 Å². The van der Waals surface area contributed by atoms with Crippen molar-refractivity contribution in [3.05, 3.63) is 34.9 Å². The molecule has 15 heavy (non-hydrogen) atoms. The van der Waals surface area contributed by atoms with E-state index in [0.29, 0.717) is 5.02 Å². The Morgan fingerprint density at radius 2 is 2.00 bits per heavy atom. The van der Waals surface area contributed by atoms with E-state index in [4.69, 9.17) is 11.6 Å². The Morgan fingerprint density at radius 1 is 1.33 bits per heavy atom. The van der Waals surface area contributed by atoms with E-state index in [9.17, 15) is 4.79 Å². The van der Waals surface area contributed by atoms with E-state index in [1.54, 1.807) is 24.3 Å². The fourth-order valence-corrected chi connectivity index (χ4v) is 1.85. The molecule has 2 rings (SSSR count). The van der Waals surface area contributed by atoms with Crippen LogP contribution in [0.15, 0.2) is 24.3 Å². The predicted octanol–water partition coefficient (Wildman–Crippen LogP) is 2.70. The van der Waals surface area contributed by atoms with Gasteiger partial charge in [0.15, 0.2) is 5.78 Å². The van der Waals surface area contributed by atoms with E-state index in [-0.39, 0.29) is 24.2 Å². The summed E-state index contributed by atoms with van der Waals surface area (Å²) in [5.41, 5.74) is 0.744. The van der Waals surface area contributed by atoms with Crippen LogP contribution >= 0.6 is 24.0 Å². The monoisotopic (exact) mass is 245 g/mol. The summed E-state index contributed by atoms with van der Waals surface area (Å²) in [5, 5.41) is 3.85. The molecule has 1 unspecified atom stereocenters. The zero-order valence-electron chi connectivity index (χ0n) is 8.20. The maximum absolute atomic E-state index is 11.9. The maximum atomic E-state index is 11.9.